The predicted octanol–water partition coefficient (Wildman–Crippen LogP) is 11.8. The van der Waals surface area contributed by atoms with Gasteiger partial charge in [0.1, 0.15) is 5.58 Å². The van der Waals surface area contributed by atoms with Crippen molar-refractivity contribution in [1.82, 2.24) is 9.97 Å². The zero-order valence-corrected chi connectivity index (χ0v) is 32.6. The number of aryl methyl sites for hydroxylation is 1. The molecule has 3 aromatic heterocycles. The van der Waals surface area contributed by atoms with E-state index in [1.807, 2.05) is 66.9 Å². The largest absolute Gasteiger partial charge is 0.501 e. The summed E-state index contributed by atoms with van der Waals surface area (Å²) in [5.41, 5.74) is 10.0. The molecule has 0 aliphatic heterocycles. The summed E-state index contributed by atoms with van der Waals surface area (Å²) in [5.74, 6) is 0.937. The molecule has 0 fully saturated rings. The second-order valence-electron chi connectivity index (χ2n) is 14.0. The first-order valence-electron chi connectivity index (χ1n) is 18.1. The van der Waals surface area contributed by atoms with Crippen molar-refractivity contribution in [3.63, 3.8) is 0 Å². The molecular formula is C44H44IrN2OSi-2. The van der Waals surface area contributed by atoms with Gasteiger partial charge in [-0.05, 0) is 58.5 Å². The summed E-state index contributed by atoms with van der Waals surface area (Å²) in [7, 11) is -1.34. The van der Waals surface area contributed by atoms with Crippen LogP contribution in [-0.4, -0.2) is 18.0 Å². The van der Waals surface area contributed by atoms with Crippen molar-refractivity contribution in [3.8, 4) is 33.6 Å². The number of pyridine rings is 2. The van der Waals surface area contributed by atoms with Crippen LogP contribution in [0.5, 0.6) is 0 Å². The van der Waals surface area contributed by atoms with Gasteiger partial charge in [0.25, 0.3) is 0 Å². The Morgan fingerprint density at radius 1 is 0.735 bits per heavy atom. The zero-order chi connectivity index (χ0) is 36.5. The quantitative estimate of drug-likeness (QED) is 0.124. The summed E-state index contributed by atoms with van der Waals surface area (Å²) >= 11 is 0. The summed E-state index contributed by atoms with van der Waals surface area (Å²) in [6, 6.07) is 37.9. The van der Waals surface area contributed by atoms with Gasteiger partial charge < -0.3 is 14.4 Å². The summed E-state index contributed by atoms with van der Waals surface area (Å²) in [4.78, 5) is 9.23. The van der Waals surface area contributed by atoms with Crippen LogP contribution in [0.4, 0.5) is 0 Å². The second-order valence-corrected chi connectivity index (χ2v) is 19.0. The topological polar surface area (TPSA) is 38.9 Å². The van der Waals surface area contributed by atoms with Crippen LogP contribution >= 0.6 is 0 Å². The van der Waals surface area contributed by atoms with Crippen LogP contribution in [0.1, 0.15) is 60.3 Å². The molecule has 0 atom stereocenters. The maximum atomic E-state index is 7.69. The van der Waals surface area contributed by atoms with E-state index in [0.717, 1.165) is 55.6 Å². The number of hydrogen-bond donors (Lipinski definition) is 0. The van der Waals surface area contributed by atoms with E-state index in [1.54, 1.807) is 18.2 Å². The van der Waals surface area contributed by atoms with E-state index in [9.17, 15) is 0 Å². The standard InChI is InChI=1S/C27H22NO.C17H22NSi.Ir/c1-17(2)19-12-13-28-25(15-19)24-9-5-8-23-22-11-10-21(16-26(22)29-27(23)24)20-7-4-6-18(3)14-20;1-13(2)15-11-16(14-9-7-6-8-10-14)18-12-17(15)19(3,4)5;/h4-8,10-17H,1-3H3;6-9,11-13H,1-5H3;/q2*-1;/i3D3;;. The van der Waals surface area contributed by atoms with Crippen molar-refractivity contribution in [2.24, 2.45) is 0 Å². The van der Waals surface area contributed by atoms with Crippen LogP contribution < -0.4 is 5.19 Å². The number of rotatable bonds is 6. The van der Waals surface area contributed by atoms with Crippen molar-refractivity contribution < 1.29 is 28.6 Å². The van der Waals surface area contributed by atoms with Crippen molar-refractivity contribution in [2.45, 2.75) is 66.0 Å². The van der Waals surface area contributed by atoms with Crippen molar-refractivity contribution in [3.05, 3.63) is 138 Å². The molecule has 7 aromatic rings. The molecule has 0 N–H and O–H groups in total. The summed E-state index contributed by atoms with van der Waals surface area (Å²) in [6.45, 7) is 13.8. The normalized spacial score (nSPS) is 12.6. The van der Waals surface area contributed by atoms with E-state index < -0.39 is 14.9 Å². The molecule has 0 spiro atoms. The maximum Gasteiger partial charge on any atom is 0.121 e. The van der Waals surface area contributed by atoms with Gasteiger partial charge in [-0.25, -0.2) is 0 Å². The molecule has 5 heteroatoms. The Bertz CT molecular complexity index is 2310. The van der Waals surface area contributed by atoms with Crippen LogP contribution in [0.2, 0.25) is 19.6 Å². The fraction of sp³-hybridized carbons (Fsp3) is 0.227. The molecule has 0 amide bonds. The number of benzene rings is 4. The van der Waals surface area contributed by atoms with E-state index in [1.165, 1.54) is 16.3 Å². The van der Waals surface area contributed by atoms with Gasteiger partial charge in [-0.15, -0.1) is 54.1 Å². The first kappa shape index (κ1) is 32.1. The Kier molecular flexibility index (Phi) is 9.93. The van der Waals surface area contributed by atoms with Crippen LogP contribution in [0.15, 0.2) is 114 Å². The Labute approximate surface area is 310 Å². The molecule has 7 rings (SSSR count). The average molecular weight is 840 g/mol. The third-order valence-corrected chi connectivity index (χ3v) is 10.7. The molecule has 0 saturated heterocycles. The van der Waals surface area contributed by atoms with Gasteiger partial charge in [0.05, 0.1) is 13.7 Å². The van der Waals surface area contributed by atoms with Crippen molar-refractivity contribution in [2.75, 3.05) is 0 Å². The predicted molar refractivity (Wildman–Crippen MR) is 206 cm³/mol. The van der Waals surface area contributed by atoms with E-state index in [0.29, 0.717) is 17.4 Å². The van der Waals surface area contributed by atoms with E-state index in [4.69, 9.17) is 8.53 Å². The number of nitrogens with zero attached hydrogens (tertiary/aromatic N) is 2. The Hall–Kier alpha value is -4.15. The van der Waals surface area contributed by atoms with Crippen molar-refractivity contribution >= 4 is 35.2 Å². The van der Waals surface area contributed by atoms with Crippen LogP contribution in [0, 0.1) is 19.0 Å². The molecular weight excluding hydrogens is 793 g/mol. The van der Waals surface area contributed by atoms with E-state index >= 15 is 0 Å². The van der Waals surface area contributed by atoms with Crippen molar-refractivity contribution in [1.29, 1.82) is 0 Å². The van der Waals surface area contributed by atoms with Gasteiger partial charge in [0.2, 0.25) is 0 Å². The summed E-state index contributed by atoms with van der Waals surface area (Å²) < 4.78 is 29.4. The van der Waals surface area contributed by atoms with E-state index in [2.05, 4.69) is 93.8 Å². The van der Waals surface area contributed by atoms with Crippen LogP contribution in [0.3, 0.4) is 0 Å². The Balaban J connectivity index is 0.000000225. The third kappa shape index (κ3) is 8.02. The van der Waals surface area contributed by atoms with Gasteiger partial charge in [-0.3, -0.25) is 0 Å². The average Bonchev–Trinajstić information content (AvgIpc) is 3.49. The van der Waals surface area contributed by atoms with Gasteiger partial charge in [0, 0.05) is 42.0 Å². The number of hydrogen-bond acceptors (Lipinski definition) is 3. The fourth-order valence-corrected chi connectivity index (χ4v) is 7.71. The molecule has 4 aromatic carbocycles. The van der Waals surface area contributed by atoms with Gasteiger partial charge >= 0.3 is 0 Å². The molecule has 3 heterocycles. The van der Waals surface area contributed by atoms with Crippen LogP contribution in [-0.2, 0) is 20.1 Å². The second kappa shape index (κ2) is 15.2. The van der Waals surface area contributed by atoms with Gasteiger partial charge in [-0.2, -0.15) is 0 Å². The number of furan rings is 1. The smallest absolute Gasteiger partial charge is 0.121 e. The molecule has 3 nitrogen and oxygen atoms in total. The molecule has 0 unspecified atom stereocenters. The third-order valence-electron chi connectivity index (χ3n) is 8.69. The minimum atomic E-state index is -2.14. The first-order valence-corrected chi connectivity index (χ1v) is 20.1. The minimum Gasteiger partial charge on any atom is -0.501 e. The number of aromatic nitrogens is 2. The molecule has 0 aliphatic rings. The van der Waals surface area contributed by atoms with Gasteiger partial charge in [-0.1, -0.05) is 124 Å². The summed E-state index contributed by atoms with van der Waals surface area (Å²) in [6.07, 6.45) is 3.92. The molecule has 49 heavy (non-hydrogen) atoms. The van der Waals surface area contributed by atoms with Crippen LogP contribution in [0.25, 0.3) is 55.6 Å². The molecule has 0 saturated carbocycles. The van der Waals surface area contributed by atoms with Gasteiger partial charge in [0.15, 0.2) is 0 Å². The fourth-order valence-electron chi connectivity index (χ4n) is 6.03. The Morgan fingerprint density at radius 3 is 2.27 bits per heavy atom. The molecule has 251 valence electrons. The summed E-state index contributed by atoms with van der Waals surface area (Å²) in [5, 5.41) is 3.49. The monoisotopic (exact) mass is 840 g/mol. The van der Waals surface area contributed by atoms with E-state index in [-0.39, 0.29) is 20.1 Å². The first-order chi connectivity index (χ1) is 24.2. The molecule has 0 bridgehead atoms. The molecule has 1 radical (unpaired) electrons. The maximum absolute atomic E-state index is 7.69. The Morgan fingerprint density at radius 2 is 1.55 bits per heavy atom. The number of fused-ring (bicyclic) bond motifs is 3. The molecule has 0 aliphatic carbocycles. The minimum absolute atomic E-state index is 0. The zero-order valence-electron chi connectivity index (χ0n) is 32.2. The SMILES string of the molecule is CC(C)c1cc(-c2[c-]cccc2)ncc1[Si](C)(C)C.[2H]C([2H])([2H])c1cccc(-c2ccc3c(c2)oc2c(-c4cc(C(C)C)ccn4)[c-]ccc23)c1.[Ir].